The van der Waals surface area contributed by atoms with E-state index in [1.54, 1.807) is 6.07 Å². The van der Waals surface area contributed by atoms with Crippen molar-refractivity contribution in [2.75, 3.05) is 18.4 Å². The Hall–Kier alpha value is -1.60. The number of benzene rings is 1. The fourth-order valence-corrected chi connectivity index (χ4v) is 3.65. The van der Waals surface area contributed by atoms with Crippen molar-refractivity contribution in [2.24, 2.45) is 5.92 Å². The maximum absolute atomic E-state index is 13.3. The van der Waals surface area contributed by atoms with Gasteiger partial charge in [-0.3, -0.25) is 0 Å². The summed E-state index contributed by atoms with van der Waals surface area (Å²) in [7, 11) is 0. The Kier molecular flexibility index (Phi) is 4.35. The van der Waals surface area contributed by atoms with Gasteiger partial charge in [-0.1, -0.05) is 12.5 Å². The number of piperidine rings is 1. The van der Waals surface area contributed by atoms with E-state index in [0.29, 0.717) is 11.7 Å². The molecule has 2 aliphatic rings. The predicted molar refractivity (Wildman–Crippen MR) is 86.0 cm³/mol. The molecular formula is C18H24FN3. The second-order valence-electron chi connectivity index (χ2n) is 6.92. The van der Waals surface area contributed by atoms with Crippen LogP contribution in [0.4, 0.5) is 10.1 Å². The van der Waals surface area contributed by atoms with Gasteiger partial charge in [-0.25, -0.2) is 4.39 Å². The largest absolute Gasteiger partial charge is 0.367 e. The Morgan fingerprint density at radius 1 is 1.45 bits per heavy atom. The average Bonchev–Trinajstić information content (AvgIpc) is 2.44. The van der Waals surface area contributed by atoms with Gasteiger partial charge >= 0.3 is 0 Å². The van der Waals surface area contributed by atoms with E-state index in [2.05, 4.69) is 23.2 Å². The van der Waals surface area contributed by atoms with Crippen LogP contribution in [0, 0.1) is 23.1 Å². The van der Waals surface area contributed by atoms with Crippen LogP contribution in [0.5, 0.6) is 0 Å². The van der Waals surface area contributed by atoms with Gasteiger partial charge in [0.25, 0.3) is 0 Å². The quantitative estimate of drug-likeness (QED) is 0.919. The molecule has 118 valence electrons. The second kappa shape index (κ2) is 6.26. The highest BCUT2D eigenvalue weighted by Gasteiger charge is 2.39. The lowest BCUT2D eigenvalue weighted by Crippen LogP contribution is -2.53. The summed E-state index contributed by atoms with van der Waals surface area (Å²) < 4.78 is 13.3. The predicted octanol–water partition coefficient (Wildman–Crippen LogP) is 3.78. The first kappa shape index (κ1) is 15.3. The molecule has 0 amide bonds. The summed E-state index contributed by atoms with van der Waals surface area (Å²) in [5, 5.41) is 13.0. The number of nitrogens with one attached hydrogen (secondary N) is 1. The van der Waals surface area contributed by atoms with Crippen molar-refractivity contribution >= 4 is 5.69 Å². The molecule has 1 aliphatic carbocycles. The summed E-state index contributed by atoms with van der Waals surface area (Å²) in [6, 6.07) is 9.23. The first-order chi connectivity index (χ1) is 10.6. The Bertz CT molecular complexity index is 564. The van der Waals surface area contributed by atoms with Crippen molar-refractivity contribution in [1.82, 2.24) is 4.90 Å². The number of nitriles is 1. The van der Waals surface area contributed by atoms with Gasteiger partial charge < -0.3 is 10.2 Å². The van der Waals surface area contributed by atoms with Crippen molar-refractivity contribution in [3.8, 4) is 6.07 Å². The van der Waals surface area contributed by atoms with Crippen LogP contribution in [0.2, 0.25) is 0 Å². The highest BCUT2D eigenvalue weighted by atomic mass is 19.1. The third-order valence-electron chi connectivity index (χ3n) is 5.23. The van der Waals surface area contributed by atoms with E-state index < -0.39 is 5.54 Å². The molecule has 1 aromatic carbocycles. The topological polar surface area (TPSA) is 39.1 Å². The number of halogens is 1. The van der Waals surface area contributed by atoms with E-state index in [1.807, 2.05) is 6.07 Å². The fraction of sp³-hybridized carbons (Fsp3) is 0.611. The van der Waals surface area contributed by atoms with Crippen LogP contribution >= 0.6 is 0 Å². The van der Waals surface area contributed by atoms with Crippen LogP contribution in [0.15, 0.2) is 24.3 Å². The first-order valence-corrected chi connectivity index (χ1v) is 8.29. The molecule has 0 spiro atoms. The average molecular weight is 301 g/mol. The summed E-state index contributed by atoms with van der Waals surface area (Å²) in [6.45, 7) is 4.31. The van der Waals surface area contributed by atoms with Gasteiger partial charge in [-0.2, -0.15) is 5.26 Å². The molecule has 22 heavy (non-hydrogen) atoms. The Morgan fingerprint density at radius 3 is 2.86 bits per heavy atom. The van der Waals surface area contributed by atoms with Gasteiger partial charge in [0.15, 0.2) is 0 Å². The minimum absolute atomic E-state index is 0.270. The molecule has 4 heteroatoms. The Morgan fingerprint density at radius 2 is 2.27 bits per heavy atom. The highest BCUT2D eigenvalue weighted by molar-refractivity contribution is 5.48. The highest BCUT2D eigenvalue weighted by Crippen LogP contribution is 2.33. The lowest BCUT2D eigenvalue weighted by Gasteiger charge is -2.45. The van der Waals surface area contributed by atoms with Gasteiger partial charge in [-0.15, -0.1) is 0 Å². The molecule has 2 fully saturated rings. The number of anilines is 1. The minimum atomic E-state index is -0.580. The standard InChI is InChI=1S/C18H24FN3/c1-14-11-18(13-20,21-17-7-3-6-16(19)10-17)8-9-22(14)12-15-4-2-5-15/h3,6-7,10,14-15,21H,2,4-5,8-9,11-12H2,1H3/t14-,18-/m1/s1. The maximum atomic E-state index is 13.3. The molecule has 1 aromatic rings. The first-order valence-electron chi connectivity index (χ1n) is 8.29. The summed E-state index contributed by atoms with van der Waals surface area (Å²) >= 11 is 0. The molecule has 1 heterocycles. The van der Waals surface area contributed by atoms with E-state index >= 15 is 0 Å². The minimum Gasteiger partial charge on any atom is -0.367 e. The molecule has 1 saturated heterocycles. The van der Waals surface area contributed by atoms with E-state index in [1.165, 1.54) is 37.9 Å². The van der Waals surface area contributed by atoms with Crippen LogP contribution in [0.3, 0.4) is 0 Å². The number of hydrogen-bond acceptors (Lipinski definition) is 3. The maximum Gasteiger partial charge on any atom is 0.128 e. The summed E-state index contributed by atoms with van der Waals surface area (Å²) in [5.41, 5.74) is 0.116. The molecule has 2 atom stereocenters. The lowest BCUT2D eigenvalue weighted by atomic mass is 9.81. The molecule has 1 saturated carbocycles. The zero-order valence-electron chi connectivity index (χ0n) is 13.2. The van der Waals surface area contributed by atoms with Gasteiger partial charge in [0.05, 0.1) is 6.07 Å². The van der Waals surface area contributed by atoms with Crippen molar-refractivity contribution in [3.05, 3.63) is 30.1 Å². The van der Waals surface area contributed by atoms with Crippen LogP contribution in [-0.4, -0.2) is 29.6 Å². The summed E-state index contributed by atoms with van der Waals surface area (Å²) in [5.74, 6) is 0.585. The molecule has 3 nitrogen and oxygen atoms in total. The third-order valence-corrected chi connectivity index (χ3v) is 5.23. The number of rotatable bonds is 4. The summed E-state index contributed by atoms with van der Waals surface area (Å²) in [4.78, 5) is 2.52. The molecule has 0 bridgehead atoms. The molecule has 0 unspecified atom stereocenters. The van der Waals surface area contributed by atoms with E-state index in [9.17, 15) is 9.65 Å². The Balaban J connectivity index is 1.65. The zero-order chi connectivity index (χ0) is 15.6. The smallest absolute Gasteiger partial charge is 0.128 e. The fourth-order valence-electron chi connectivity index (χ4n) is 3.65. The number of nitrogens with zero attached hydrogens (tertiary/aromatic N) is 2. The van der Waals surface area contributed by atoms with Gasteiger partial charge in [0.1, 0.15) is 11.4 Å². The van der Waals surface area contributed by atoms with Crippen LogP contribution in [0.25, 0.3) is 0 Å². The van der Waals surface area contributed by atoms with Crippen LogP contribution < -0.4 is 5.32 Å². The van der Waals surface area contributed by atoms with Crippen LogP contribution in [-0.2, 0) is 0 Å². The normalized spacial score (nSPS) is 29.6. The van der Waals surface area contributed by atoms with Gasteiger partial charge in [0.2, 0.25) is 0 Å². The molecule has 1 aliphatic heterocycles. The van der Waals surface area contributed by atoms with Crippen LogP contribution in [0.1, 0.15) is 39.0 Å². The third kappa shape index (κ3) is 3.25. The molecule has 0 radical (unpaired) electrons. The van der Waals surface area contributed by atoms with Crippen molar-refractivity contribution in [1.29, 1.82) is 5.26 Å². The number of likely N-dealkylation sites (tertiary alicyclic amines) is 1. The van der Waals surface area contributed by atoms with E-state index in [0.717, 1.165) is 25.3 Å². The Labute approximate surface area is 132 Å². The molecule has 1 N–H and O–H groups in total. The molecule has 3 rings (SSSR count). The second-order valence-corrected chi connectivity index (χ2v) is 6.92. The van der Waals surface area contributed by atoms with Crippen molar-refractivity contribution in [2.45, 2.75) is 50.6 Å². The summed E-state index contributed by atoms with van der Waals surface area (Å²) in [6.07, 6.45) is 5.66. The van der Waals surface area contributed by atoms with Gasteiger partial charge in [0, 0.05) is 24.8 Å². The SMILES string of the molecule is C[C@@H]1C[C@](C#N)(Nc2cccc(F)c2)CCN1CC1CCC1. The number of hydrogen-bond donors (Lipinski definition) is 1. The van der Waals surface area contributed by atoms with Gasteiger partial charge in [-0.05, 0) is 56.7 Å². The molecule has 0 aromatic heterocycles. The van der Waals surface area contributed by atoms with Crippen molar-refractivity contribution in [3.63, 3.8) is 0 Å². The monoisotopic (exact) mass is 301 g/mol. The zero-order valence-corrected chi connectivity index (χ0v) is 13.2. The lowest BCUT2D eigenvalue weighted by molar-refractivity contribution is 0.0923. The van der Waals surface area contributed by atoms with E-state index in [-0.39, 0.29) is 5.82 Å². The van der Waals surface area contributed by atoms with E-state index in [4.69, 9.17) is 0 Å². The molecular weight excluding hydrogens is 277 g/mol. The van der Waals surface area contributed by atoms with Crippen molar-refractivity contribution < 1.29 is 4.39 Å².